The average molecular weight is 313 g/mol. The molecule has 1 aromatic heterocycles. The molecule has 0 aliphatic rings. The number of benzene rings is 1. The van der Waals surface area contributed by atoms with E-state index in [2.05, 4.69) is 22.4 Å². The molecule has 1 N–H and O–H groups in total. The number of urea groups is 1. The third kappa shape index (κ3) is 4.98. The molecule has 0 saturated heterocycles. The van der Waals surface area contributed by atoms with E-state index in [0.29, 0.717) is 12.4 Å². The summed E-state index contributed by atoms with van der Waals surface area (Å²) in [6.07, 6.45) is 3.49. The third-order valence-electron chi connectivity index (χ3n) is 3.70. The van der Waals surface area contributed by atoms with E-state index >= 15 is 0 Å². The number of amides is 2. The molecule has 5 nitrogen and oxygen atoms in total. The zero-order chi connectivity index (χ0) is 16.7. The van der Waals surface area contributed by atoms with Gasteiger partial charge in [0, 0.05) is 19.8 Å². The number of nitrogens with one attached hydrogen (secondary N) is 1. The van der Waals surface area contributed by atoms with Gasteiger partial charge in [-0.05, 0) is 49.1 Å². The normalized spacial score (nSPS) is 10.2. The van der Waals surface area contributed by atoms with Crippen molar-refractivity contribution in [2.24, 2.45) is 0 Å². The van der Waals surface area contributed by atoms with Gasteiger partial charge in [-0.3, -0.25) is 5.32 Å². The number of hydrogen-bond donors (Lipinski definition) is 1. The molecule has 0 spiro atoms. The highest BCUT2D eigenvalue weighted by atomic mass is 16.5. The molecule has 1 heterocycles. The quantitative estimate of drug-likeness (QED) is 0.888. The number of pyridine rings is 1. The SMILES string of the molecule is COc1ccc(CCCN(C)C(=O)Nc2ncccc2C)cc1. The number of carbonyl (C=O) groups is 1. The molecule has 0 aliphatic carbocycles. The van der Waals surface area contributed by atoms with Gasteiger partial charge in [0.1, 0.15) is 11.6 Å². The van der Waals surface area contributed by atoms with Crippen LogP contribution in [0.15, 0.2) is 42.6 Å². The zero-order valence-electron chi connectivity index (χ0n) is 13.9. The van der Waals surface area contributed by atoms with Gasteiger partial charge in [-0.1, -0.05) is 18.2 Å². The molecule has 0 radical (unpaired) electrons. The minimum Gasteiger partial charge on any atom is -0.497 e. The van der Waals surface area contributed by atoms with Gasteiger partial charge in [-0.25, -0.2) is 9.78 Å². The monoisotopic (exact) mass is 313 g/mol. The maximum absolute atomic E-state index is 12.1. The second kappa shape index (κ2) is 8.17. The summed E-state index contributed by atoms with van der Waals surface area (Å²) >= 11 is 0. The van der Waals surface area contributed by atoms with Gasteiger partial charge in [0.05, 0.1) is 7.11 Å². The number of methoxy groups -OCH3 is 1. The van der Waals surface area contributed by atoms with E-state index in [1.807, 2.05) is 31.2 Å². The summed E-state index contributed by atoms with van der Waals surface area (Å²) in [5.74, 6) is 1.47. The van der Waals surface area contributed by atoms with Crippen LogP contribution in [0.3, 0.4) is 0 Å². The smallest absolute Gasteiger partial charge is 0.322 e. The summed E-state index contributed by atoms with van der Waals surface area (Å²) in [7, 11) is 3.45. The predicted molar refractivity (Wildman–Crippen MR) is 91.9 cm³/mol. The number of hydrogen-bond acceptors (Lipinski definition) is 3. The Kier molecular flexibility index (Phi) is 5.97. The number of ether oxygens (including phenoxy) is 1. The molecular formula is C18H23N3O2. The molecule has 2 aromatic rings. The minimum absolute atomic E-state index is 0.137. The van der Waals surface area contributed by atoms with E-state index in [1.165, 1.54) is 5.56 Å². The number of nitrogens with zero attached hydrogens (tertiary/aromatic N) is 2. The van der Waals surface area contributed by atoms with Crippen molar-refractivity contribution in [3.63, 3.8) is 0 Å². The van der Waals surface area contributed by atoms with Crippen LogP contribution < -0.4 is 10.1 Å². The number of carbonyl (C=O) groups excluding carboxylic acids is 1. The van der Waals surface area contributed by atoms with Crippen LogP contribution in [0.1, 0.15) is 17.5 Å². The zero-order valence-corrected chi connectivity index (χ0v) is 13.9. The largest absolute Gasteiger partial charge is 0.497 e. The number of aromatic nitrogens is 1. The van der Waals surface area contributed by atoms with Crippen molar-refractivity contribution in [3.8, 4) is 5.75 Å². The summed E-state index contributed by atoms with van der Waals surface area (Å²) in [5.41, 5.74) is 2.19. The topological polar surface area (TPSA) is 54.5 Å². The van der Waals surface area contributed by atoms with E-state index in [0.717, 1.165) is 24.2 Å². The van der Waals surface area contributed by atoms with Gasteiger partial charge in [0.25, 0.3) is 0 Å². The molecule has 1 aromatic carbocycles. The van der Waals surface area contributed by atoms with Crippen molar-refractivity contribution in [1.29, 1.82) is 0 Å². The second-order valence-corrected chi connectivity index (χ2v) is 5.47. The van der Waals surface area contributed by atoms with Gasteiger partial charge in [-0.2, -0.15) is 0 Å². The molecule has 0 fully saturated rings. The van der Waals surface area contributed by atoms with Crippen LogP contribution in [0.5, 0.6) is 5.75 Å². The number of rotatable bonds is 6. The Balaban J connectivity index is 1.78. The van der Waals surface area contributed by atoms with Crippen LogP contribution in [-0.4, -0.2) is 36.6 Å². The molecule has 0 aliphatic heterocycles. The first kappa shape index (κ1) is 16.8. The lowest BCUT2D eigenvalue weighted by atomic mass is 10.1. The fourth-order valence-electron chi connectivity index (χ4n) is 2.23. The Hall–Kier alpha value is -2.56. The molecule has 5 heteroatoms. The summed E-state index contributed by atoms with van der Waals surface area (Å²) in [6, 6.07) is 11.6. The lowest BCUT2D eigenvalue weighted by Crippen LogP contribution is -2.32. The van der Waals surface area contributed by atoms with Crippen molar-refractivity contribution >= 4 is 11.8 Å². The van der Waals surface area contributed by atoms with Crippen molar-refractivity contribution in [2.75, 3.05) is 26.0 Å². The Labute approximate surface area is 137 Å². The summed E-state index contributed by atoms with van der Waals surface area (Å²) < 4.78 is 5.14. The van der Waals surface area contributed by atoms with Crippen LogP contribution >= 0.6 is 0 Å². The van der Waals surface area contributed by atoms with Crippen molar-refractivity contribution in [3.05, 3.63) is 53.7 Å². The van der Waals surface area contributed by atoms with Crippen molar-refractivity contribution < 1.29 is 9.53 Å². The van der Waals surface area contributed by atoms with Gasteiger partial charge in [-0.15, -0.1) is 0 Å². The molecule has 23 heavy (non-hydrogen) atoms. The van der Waals surface area contributed by atoms with E-state index in [4.69, 9.17) is 4.74 Å². The van der Waals surface area contributed by atoms with Gasteiger partial charge >= 0.3 is 6.03 Å². The van der Waals surface area contributed by atoms with Crippen LogP contribution in [0.2, 0.25) is 0 Å². The first-order valence-corrected chi connectivity index (χ1v) is 7.67. The van der Waals surface area contributed by atoms with Crippen LogP contribution in [0.4, 0.5) is 10.6 Å². The maximum atomic E-state index is 12.1. The van der Waals surface area contributed by atoms with Gasteiger partial charge < -0.3 is 9.64 Å². The Morgan fingerprint density at radius 3 is 2.65 bits per heavy atom. The highest BCUT2D eigenvalue weighted by Gasteiger charge is 2.10. The van der Waals surface area contributed by atoms with E-state index < -0.39 is 0 Å². The van der Waals surface area contributed by atoms with Crippen molar-refractivity contribution in [1.82, 2.24) is 9.88 Å². The van der Waals surface area contributed by atoms with Gasteiger partial charge in [0.15, 0.2) is 0 Å². The third-order valence-corrected chi connectivity index (χ3v) is 3.70. The van der Waals surface area contributed by atoms with Crippen LogP contribution in [-0.2, 0) is 6.42 Å². The summed E-state index contributed by atoms with van der Waals surface area (Å²) in [6.45, 7) is 2.61. The molecule has 2 amide bonds. The molecule has 0 saturated carbocycles. The van der Waals surface area contributed by atoms with Crippen molar-refractivity contribution in [2.45, 2.75) is 19.8 Å². The fraction of sp³-hybridized carbons (Fsp3) is 0.333. The summed E-state index contributed by atoms with van der Waals surface area (Å²) in [5, 5.41) is 2.83. The van der Waals surface area contributed by atoms with E-state index in [9.17, 15) is 4.79 Å². The second-order valence-electron chi connectivity index (χ2n) is 5.47. The minimum atomic E-state index is -0.137. The number of aryl methyl sites for hydroxylation is 2. The first-order chi connectivity index (χ1) is 11.1. The highest BCUT2D eigenvalue weighted by Crippen LogP contribution is 2.13. The molecule has 0 bridgehead atoms. The number of anilines is 1. The molecule has 122 valence electrons. The fourth-order valence-corrected chi connectivity index (χ4v) is 2.23. The Morgan fingerprint density at radius 2 is 2.00 bits per heavy atom. The predicted octanol–water partition coefficient (Wildman–Crippen LogP) is 3.50. The average Bonchev–Trinajstić information content (AvgIpc) is 2.57. The molecule has 0 atom stereocenters. The standard InChI is InChI=1S/C18H23N3O2/c1-14-6-4-12-19-17(14)20-18(22)21(2)13-5-7-15-8-10-16(23-3)11-9-15/h4,6,8-12H,5,7,13H2,1-3H3,(H,19,20,22). The van der Waals surface area contributed by atoms with Crippen LogP contribution in [0.25, 0.3) is 0 Å². The van der Waals surface area contributed by atoms with E-state index in [-0.39, 0.29) is 6.03 Å². The summed E-state index contributed by atoms with van der Waals surface area (Å²) in [4.78, 5) is 18.0. The van der Waals surface area contributed by atoms with Crippen LogP contribution in [0, 0.1) is 6.92 Å². The Morgan fingerprint density at radius 1 is 1.26 bits per heavy atom. The molecule has 2 rings (SSSR count). The lowest BCUT2D eigenvalue weighted by molar-refractivity contribution is 0.222. The molecular weight excluding hydrogens is 290 g/mol. The first-order valence-electron chi connectivity index (χ1n) is 7.67. The van der Waals surface area contributed by atoms with Gasteiger partial charge in [0.2, 0.25) is 0 Å². The highest BCUT2D eigenvalue weighted by molar-refractivity contribution is 5.88. The Bertz CT molecular complexity index is 641. The van der Waals surface area contributed by atoms with E-state index in [1.54, 1.807) is 25.3 Å². The maximum Gasteiger partial charge on any atom is 0.322 e. The molecule has 0 unspecified atom stereocenters. The lowest BCUT2D eigenvalue weighted by Gasteiger charge is -2.18.